The van der Waals surface area contributed by atoms with Gasteiger partial charge in [-0.1, -0.05) is 54.6 Å². The van der Waals surface area contributed by atoms with Crippen molar-refractivity contribution < 1.29 is 35.6 Å². The van der Waals surface area contributed by atoms with Crippen molar-refractivity contribution in [2.45, 2.75) is 51.5 Å². The maximum absolute atomic E-state index is 14.8. The smallest absolute Gasteiger partial charge is 0.350 e. The first-order chi connectivity index (χ1) is 19.5. The van der Waals surface area contributed by atoms with Crippen LogP contribution in [0.1, 0.15) is 37.5 Å². The highest BCUT2D eigenvalue weighted by atomic mass is 32.2. The number of sulfonamides is 1. The molecule has 0 unspecified atom stereocenters. The molecule has 0 aliphatic rings. The van der Waals surface area contributed by atoms with E-state index in [-0.39, 0.29) is 17.7 Å². The number of anilines is 1. The highest BCUT2D eigenvalue weighted by molar-refractivity contribution is 7.92. The second-order valence-corrected chi connectivity index (χ2v) is 12.8. The zero-order chi connectivity index (χ0) is 31.3. The standard InChI is InChI=1S/C30H33F4N3O4S/c1-29(2,3)35-28(39)26(17-21-11-6-5-7-12-21)36(19-22-13-8-9-16-25(22)31)27(38)20-37(42(4,40)41)24-15-10-14-23(18-24)30(32,33)34/h5-16,18,26H,17,19-20H2,1-4H3,(H,35,39)/t26-/m0/s1. The van der Waals surface area contributed by atoms with Crippen LogP contribution >= 0.6 is 0 Å². The third-order valence-corrected chi connectivity index (χ3v) is 7.35. The number of hydrogen-bond acceptors (Lipinski definition) is 4. The van der Waals surface area contributed by atoms with Crippen LogP contribution in [0.15, 0.2) is 78.9 Å². The van der Waals surface area contributed by atoms with Gasteiger partial charge < -0.3 is 10.2 Å². The van der Waals surface area contributed by atoms with Gasteiger partial charge in [-0.25, -0.2) is 12.8 Å². The monoisotopic (exact) mass is 607 g/mol. The fourth-order valence-electron chi connectivity index (χ4n) is 4.27. The Bertz CT molecular complexity index is 1510. The Kier molecular flexibility index (Phi) is 10.0. The van der Waals surface area contributed by atoms with Crippen molar-refractivity contribution in [3.8, 4) is 0 Å². The van der Waals surface area contributed by atoms with E-state index in [0.29, 0.717) is 15.9 Å². The molecule has 0 radical (unpaired) electrons. The van der Waals surface area contributed by atoms with Crippen LogP contribution in [0, 0.1) is 5.82 Å². The lowest BCUT2D eigenvalue weighted by molar-refractivity contribution is -0.140. The first-order valence-electron chi connectivity index (χ1n) is 13.0. The van der Waals surface area contributed by atoms with E-state index in [0.717, 1.165) is 29.4 Å². The topological polar surface area (TPSA) is 86.8 Å². The van der Waals surface area contributed by atoms with E-state index >= 15 is 0 Å². The largest absolute Gasteiger partial charge is 0.416 e. The van der Waals surface area contributed by atoms with Crippen LogP contribution in [0.25, 0.3) is 0 Å². The van der Waals surface area contributed by atoms with E-state index in [1.54, 1.807) is 57.2 Å². The molecule has 1 N–H and O–H groups in total. The number of carbonyl (C=O) groups excluding carboxylic acids is 2. The number of halogens is 4. The molecule has 3 rings (SSSR count). The first-order valence-corrected chi connectivity index (χ1v) is 14.8. The fraction of sp³-hybridized carbons (Fsp3) is 0.333. The molecule has 2 amide bonds. The van der Waals surface area contributed by atoms with Crippen LogP contribution < -0.4 is 9.62 Å². The van der Waals surface area contributed by atoms with Gasteiger partial charge in [0, 0.05) is 24.1 Å². The molecule has 7 nitrogen and oxygen atoms in total. The van der Waals surface area contributed by atoms with Crippen molar-refractivity contribution in [1.82, 2.24) is 10.2 Å². The number of nitrogens with one attached hydrogen (secondary N) is 1. The molecule has 0 aliphatic heterocycles. The molecule has 0 bridgehead atoms. The molecule has 0 saturated heterocycles. The van der Waals surface area contributed by atoms with Crippen molar-refractivity contribution >= 4 is 27.5 Å². The average molecular weight is 608 g/mol. The van der Waals surface area contributed by atoms with Gasteiger partial charge in [-0.15, -0.1) is 0 Å². The summed E-state index contributed by atoms with van der Waals surface area (Å²) in [6.45, 7) is 3.90. The molecule has 12 heteroatoms. The first kappa shape index (κ1) is 32.6. The van der Waals surface area contributed by atoms with Gasteiger partial charge in [-0.05, 0) is 50.6 Å². The molecule has 0 aliphatic carbocycles. The van der Waals surface area contributed by atoms with E-state index < -0.39 is 64.1 Å². The third kappa shape index (κ3) is 9.04. The minimum Gasteiger partial charge on any atom is -0.350 e. The molecule has 1 atom stereocenters. The van der Waals surface area contributed by atoms with Gasteiger partial charge in [0.05, 0.1) is 17.5 Å². The van der Waals surface area contributed by atoms with Crippen LogP contribution in [-0.2, 0) is 38.8 Å². The number of benzene rings is 3. The van der Waals surface area contributed by atoms with Crippen LogP contribution in [0.4, 0.5) is 23.2 Å². The Morgan fingerprint density at radius 1 is 0.905 bits per heavy atom. The van der Waals surface area contributed by atoms with Crippen LogP contribution in [-0.4, -0.2) is 49.5 Å². The third-order valence-electron chi connectivity index (χ3n) is 6.21. The fourth-order valence-corrected chi connectivity index (χ4v) is 5.11. The number of alkyl halides is 3. The van der Waals surface area contributed by atoms with Gasteiger partial charge in [0.1, 0.15) is 18.4 Å². The summed E-state index contributed by atoms with van der Waals surface area (Å²) in [7, 11) is -4.28. The maximum atomic E-state index is 14.8. The highest BCUT2D eigenvalue weighted by Crippen LogP contribution is 2.32. The van der Waals surface area contributed by atoms with Crippen molar-refractivity contribution in [2.24, 2.45) is 0 Å². The van der Waals surface area contributed by atoms with E-state index in [2.05, 4.69) is 5.32 Å². The lowest BCUT2D eigenvalue weighted by Crippen LogP contribution is -2.56. The zero-order valence-electron chi connectivity index (χ0n) is 23.7. The Balaban J connectivity index is 2.11. The van der Waals surface area contributed by atoms with Crippen molar-refractivity contribution in [3.63, 3.8) is 0 Å². The Labute approximate surface area is 243 Å². The predicted octanol–water partition coefficient (Wildman–Crippen LogP) is 5.17. The van der Waals surface area contributed by atoms with E-state index in [4.69, 9.17) is 0 Å². The molecule has 3 aromatic carbocycles. The summed E-state index contributed by atoms with van der Waals surface area (Å²) in [5.41, 5.74) is -1.45. The molecule has 0 fully saturated rings. The Hall–Kier alpha value is -3.93. The summed E-state index contributed by atoms with van der Waals surface area (Å²) in [6.07, 6.45) is -3.99. The van der Waals surface area contributed by atoms with Gasteiger partial charge in [0.25, 0.3) is 0 Å². The molecule has 0 heterocycles. The molecule has 226 valence electrons. The highest BCUT2D eigenvalue weighted by Gasteiger charge is 2.36. The molecular formula is C30H33F4N3O4S. The molecule has 42 heavy (non-hydrogen) atoms. The van der Waals surface area contributed by atoms with E-state index in [9.17, 15) is 35.6 Å². The summed E-state index contributed by atoms with van der Waals surface area (Å²) in [5, 5.41) is 2.83. The van der Waals surface area contributed by atoms with E-state index in [1.165, 1.54) is 18.2 Å². The number of rotatable bonds is 10. The molecule has 0 aromatic heterocycles. The SMILES string of the molecule is CC(C)(C)NC(=O)[C@H](Cc1ccccc1)N(Cc1ccccc1F)C(=O)CN(c1cccc(C(F)(F)F)c1)S(C)(=O)=O. The summed E-state index contributed by atoms with van der Waals surface area (Å²) in [4.78, 5) is 28.7. The van der Waals surface area contributed by atoms with E-state index in [1.807, 2.05) is 0 Å². The van der Waals surface area contributed by atoms with Gasteiger partial charge >= 0.3 is 6.18 Å². The van der Waals surface area contributed by atoms with Gasteiger partial charge in [0.15, 0.2) is 0 Å². The quantitative estimate of drug-likeness (QED) is 0.323. The second-order valence-electron chi connectivity index (χ2n) is 10.9. The van der Waals surface area contributed by atoms with Crippen molar-refractivity contribution in [1.29, 1.82) is 0 Å². The average Bonchev–Trinajstić information content (AvgIpc) is 2.88. The molecule has 0 spiro atoms. The van der Waals surface area contributed by atoms with Crippen LogP contribution in [0.2, 0.25) is 0 Å². The molecule has 0 saturated carbocycles. The number of nitrogens with zero attached hydrogens (tertiary/aromatic N) is 2. The van der Waals surface area contributed by atoms with Crippen molar-refractivity contribution in [3.05, 3.63) is 101 Å². The Morgan fingerprint density at radius 2 is 1.52 bits per heavy atom. The van der Waals surface area contributed by atoms with Crippen molar-refractivity contribution in [2.75, 3.05) is 17.1 Å². The zero-order valence-corrected chi connectivity index (χ0v) is 24.5. The summed E-state index contributed by atoms with van der Waals surface area (Å²) >= 11 is 0. The molecular weight excluding hydrogens is 574 g/mol. The van der Waals surface area contributed by atoms with Gasteiger partial charge in [0.2, 0.25) is 21.8 Å². The van der Waals surface area contributed by atoms with Crippen LogP contribution in [0.5, 0.6) is 0 Å². The predicted molar refractivity (Wildman–Crippen MR) is 152 cm³/mol. The summed E-state index contributed by atoms with van der Waals surface area (Å²) < 4.78 is 81.1. The number of carbonyl (C=O) groups is 2. The maximum Gasteiger partial charge on any atom is 0.416 e. The van der Waals surface area contributed by atoms with Gasteiger partial charge in [-0.3, -0.25) is 13.9 Å². The van der Waals surface area contributed by atoms with Gasteiger partial charge in [-0.2, -0.15) is 13.2 Å². The summed E-state index contributed by atoms with van der Waals surface area (Å²) in [6, 6.07) is 16.7. The van der Waals surface area contributed by atoms with Crippen LogP contribution in [0.3, 0.4) is 0 Å². The normalized spacial score (nSPS) is 12.9. The minimum atomic E-state index is -4.76. The lowest BCUT2D eigenvalue weighted by atomic mass is 10.0. The number of amides is 2. The lowest BCUT2D eigenvalue weighted by Gasteiger charge is -2.35. The number of hydrogen-bond donors (Lipinski definition) is 1. The molecule has 3 aromatic rings. The summed E-state index contributed by atoms with van der Waals surface area (Å²) in [5.74, 6) is -2.13. The minimum absolute atomic E-state index is 0.00534. The second kappa shape index (κ2) is 12.9. The Morgan fingerprint density at radius 3 is 2.10 bits per heavy atom.